The molecule has 4 nitrogen and oxygen atoms in total. The van der Waals surface area contributed by atoms with E-state index in [0.717, 1.165) is 23.3 Å². The highest BCUT2D eigenvalue weighted by atomic mass is 35.5. The molecule has 29 heavy (non-hydrogen) atoms. The molecule has 0 saturated carbocycles. The molecule has 0 N–H and O–H groups in total. The Morgan fingerprint density at radius 2 is 1.86 bits per heavy atom. The van der Waals surface area contributed by atoms with Crippen molar-refractivity contribution in [2.75, 3.05) is 18.0 Å². The first kappa shape index (κ1) is 20.3. The molecule has 2 heterocycles. The van der Waals surface area contributed by atoms with Gasteiger partial charge in [0.15, 0.2) is 15.0 Å². The van der Waals surface area contributed by atoms with E-state index in [-0.39, 0.29) is 9.92 Å². The lowest BCUT2D eigenvalue weighted by Gasteiger charge is -2.31. The van der Waals surface area contributed by atoms with E-state index in [9.17, 15) is 12.8 Å². The van der Waals surface area contributed by atoms with E-state index < -0.39 is 20.9 Å². The average Bonchev–Trinajstić information content (AvgIpc) is 3.19. The summed E-state index contributed by atoms with van der Waals surface area (Å²) in [7, 11) is -3.54. The second-order valence-corrected chi connectivity index (χ2v) is 10.6. The molecule has 0 bridgehead atoms. The van der Waals surface area contributed by atoms with Crippen LogP contribution in [0, 0.1) is 5.82 Å². The molecule has 0 atom stereocenters. The lowest BCUT2D eigenvalue weighted by Crippen LogP contribution is -2.39. The van der Waals surface area contributed by atoms with Crippen molar-refractivity contribution in [2.24, 2.45) is 0 Å². The van der Waals surface area contributed by atoms with Gasteiger partial charge in [-0.15, -0.1) is 11.3 Å². The Labute approximate surface area is 178 Å². The third-order valence-electron chi connectivity index (χ3n) is 5.14. The monoisotopic (exact) mass is 450 g/mol. The predicted octanol–water partition coefficient (Wildman–Crippen LogP) is 4.97. The first-order valence-corrected chi connectivity index (χ1v) is 12.2. The second-order valence-electron chi connectivity index (χ2n) is 7.09. The van der Waals surface area contributed by atoms with Gasteiger partial charge in [0.2, 0.25) is 0 Å². The summed E-state index contributed by atoms with van der Waals surface area (Å²) in [5, 5.41) is 2.32. The zero-order valence-electron chi connectivity index (χ0n) is 15.6. The van der Waals surface area contributed by atoms with E-state index in [1.165, 1.54) is 17.7 Å². The molecule has 0 spiro atoms. The summed E-state index contributed by atoms with van der Waals surface area (Å²) >= 11 is 7.36. The van der Waals surface area contributed by atoms with E-state index in [1.807, 2.05) is 18.2 Å². The number of hydrogen-bond donors (Lipinski definition) is 0. The molecule has 2 aromatic carbocycles. The molecule has 1 aliphatic heterocycles. The molecule has 1 aromatic heterocycles. The summed E-state index contributed by atoms with van der Waals surface area (Å²) in [6.45, 7) is 1.24. The van der Waals surface area contributed by atoms with Crippen molar-refractivity contribution in [1.82, 2.24) is 4.98 Å². The molecule has 1 aliphatic rings. The lowest BCUT2D eigenvalue weighted by molar-refractivity contribution is 0.529. The fourth-order valence-corrected chi connectivity index (χ4v) is 6.41. The molecule has 1 fully saturated rings. The van der Waals surface area contributed by atoms with Gasteiger partial charge in [-0.1, -0.05) is 41.9 Å². The Balaban J connectivity index is 1.41. The van der Waals surface area contributed by atoms with Gasteiger partial charge < -0.3 is 4.90 Å². The van der Waals surface area contributed by atoms with Crippen molar-refractivity contribution in [3.63, 3.8) is 0 Å². The van der Waals surface area contributed by atoms with Crippen LogP contribution in [0.4, 0.5) is 9.52 Å². The van der Waals surface area contributed by atoms with Crippen LogP contribution in [-0.2, 0) is 16.3 Å². The summed E-state index contributed by atoms with van der Waals surface area (Å²) in [4.78, 5) is 6.96. The number of thiazole rings is 1. The molecule has 0 radical (unpaired) electrons. The van der Waals surface area contributed by atoms with Crippen LogP contribution < -0.4 is 4.90 Å². The standard InChI is InChI=1S/C21H20ClFN2O2S2/c22-19-13-18(6-7-20(19)23)29(26,27)17-8-10-25(11-9-17)21-24-16(14-28-21)12-15-4-2-1-3-5-15/h1-7,13-14,17H,8-12H2. The molecule has 8 heteroatoms. The van der Waals surface area contributed by atoms with Gasteiger partial charge in [0, 0.05) is 24.9 Å². The number of sulfone groups is 1. The Bertz CT molecular complexity index is 1090. The number of nitrogens with zero attached hydrogens (tertiary/aromatic N) is 2. The first-order chi connectivity index (χ1) is 13.9. The maximum atomic E-state index is 13.4. The first-order valence-electron chi connectivity index (χ1n) is 9.36. The van der Waals surface area contributed by atoms with Gasteiger partial charge in [-0.05, 0) is 36.6 Å². The third kappa shape index (κ3) is 4.47. The minimum atomic E-state index is -3.54. The largest absolute Gasteiger partial charge is 0.348 e. The van der Waals surface area contributed by atoms with Gasteiger partial charge >= 0.3 is 0 Å². The highest BCUT2D eigenvalue weighted by Gasteiger charge is 2.32. The van der Waals surface area contributed by atoms with Crippen molar-refractivity contribution >= 4 is 37.9 Å². The molecule has 4 rings (SSSR count). The molecule has 0 amide bonds. The number of aromatic nitrogens is 1. The van der Waals surface area contributed by atoms with Crippen LogP contribution in [0.15, 0.2) is 58.8 Å². The molecular formula is C21H20ClFN2O2S2. The lowest BCUT2D eigenvalue weighted by atomic mass is 10.1. The highest BCUT2D eigenvalue weighted by Crippen LogP contribution is 2.30. The summed E-state index contributed by atoms with van der Waals surface area (Å²) in [6.07, 6.45) is 1.80. The molecule has 152 valence electrons. The van der Waals surface area contributed by atoms with Crippen LogP contribution in [0.3, 0.4) is 0 Å². The molecule has 3 aromatic rings. The minimum absolute atomic E-state index is 0.0849. The fraction of sp³-hybridized carbons (Fsp3) is 0.286. The smallest absolute Gasteiger partial charge is 0.185 e. The fourth-order valence-electron chi connectivity index (χ4n) is 3.53. The number of piperidine rings is 1. The van der Waals surface area contributed by atoms with E-state index in [2.05, 4.69) is 22.4 Å². The van der Waals surface area contributed by atoms with E-state index in [4.69, 9.17) is 16.6 Å². The molecule has 1 saturated heterocycles. The van der Waals surface area contributed by atoms with E-state index in [1.54, 1.807) is 11.3 Å². The maximum Gasteiger partial charge on any atom is 0.185 e. The molecular weight excluding hydrogens is 431 g/mol. The summed E-state index contributed by atoms with van der Waals surface area (Å²) in [5.74, 6) is -0.615. The van der Waals surface area contributed by atoms with Crippen LogP contribution in [-0.4, -0.2) is 31.7 Å². The minimum Gasteiger partial charge on any atom is -0.348 e. The zero-order valence-corrected chi connectivity index (χ0v) is 18.0. The van der Waals surface area contributed by atoms with Crippen molar-refractivity contribution in [1.29, 1.82) is 0 Å². The normalized spacial score (nSPS) is 15.6. The van der Waals surface area contributed by atoms with Gasteiger partial charge in [0.05, 0.1) is 20.9 Å². The van der Waals surface area contributed by atoms with Gasteiger partial charge in [0.1, 0.15) is 5.82 Å². The summed E-state index contributed by atoms with van der Waals surface area (Å²) < 4.78 is 39.1. The van der Waals surface area contributed by atoms with Crippen molar-refractivity contribution in [3.05, 3.63) is 76.0 Å². The second kappa shape index (κ2) is 8.42. The number of anilines is 1. The Morgan fingerprint density at radius 1 is 1.14 bits per heavy atom. The topological polar surface area (TPSA) is 50.3 Å². The highest BCUT2D eigenvalue weighted by molar-refractivity contribution is 7.92. The van der Waals surface area contributed by atoms with Crippen LogP contribution in [0.1, 0.15) is 24.1 Å². The molecule has 0 aliphatic carbocycles. The summed E-state index contributed by atoms with van der Waals surface area (Å²) in [6, 6.07) is 13.8. The number of halogens is 2. The summed E-state index contributed by atoms with van der Waals surface area (Å²) in [5.41, 5.74) is 2.24. The van der Waals surface area contributed by atoms with Crippen molar-refractivity contribution in [3.8, 4) is 0 Å². The quantitative estimate of drug-likeness (QED) is 0.515. The van der Waals surface area contributed by atoms with Gasteiger partial charge in [-0.25, -0.2) is 17.8 Å². The van der Waals surface area contributed by atoms with E-state index >= 15 is 0 Å². The van der Waals surface area contributed by atoms with Gasteiger partial charge in [0.25, 0.3) is 0 Å². The Morgan fingerprint density at radius 3 is 2.55 bits per heavy atom. The average molecular weight is 451 g/mol. The van der Waals surface area contributed by atoms with Gasteiger partial charge in [-0.2, -0.15) is 0 Å². The van der Waals surface area contributed by atoms with Crippen LogP contribution in [0.25, 0.3) is 0 Å². The Kier molecular flexibility index (Phi) is 5.90. The number of rotatable bonds is 5. The maximum absolute atomic E-state index is 13.4. The van der Waals surface area contributed by atoms with Crippen LogP contribution in [0.5, 0.6) is 0 Å². The van der Waals surface area contributed by atoms with Gasteiger partial charge in [-0.3, -0.25) is 0 Å². The number of benzene rings is 2. The van der Waals surface area contributed by atoms with Crippen LogP contribution in [0.2, 0.25) is 5.02 Å². The third-order valence-corrected chi connectivity index (χ3v) is 8.64. The predicted molar refractivity (Wildman–Crippen MR) is 115 cm³/mol. The molecule has 0 unspecified atom stereocenters. The zero-order chi connectivity index (χ0) is 20.4. The van der Waals surface area contributed by atoms with Crippen molar-refractivity contribution < 1.29 is 12.8 Å². The Hall–Kier alpha value is -1.96. The number of hydrogen-bond acceptors (Lipinski definition) is 5. The van der Waals surface area contributed by atoms with E-state index in [0.29, 0.717) is 25.9 Å². The SMILES string of the molecule is O=S(=O)(c1ccc(F)c(Cl)c1)C1CCN(c2nc(Cc3ccccc3)cs2)CC1. The van der Waals surface area contributed by atoms with Crippen LogP contribution >= 0.6 is 22.9 Å². The van der Waals surface area contributed by atoms with Crippen molar-refractivity contribution in [2.45, 2.75) is 29.4 Å².